The topological polar surface area (TPSA) is 44.8 Å². The first-order valence-corrected chi connectivity index (χ1v) is 8.51. The first-order valence-electron chi connectivity index (χ1n) is 8.51. The van der Waals surface area contributed by atoms with Crippen LogP contribution in [-0.2, 0) is 16.1 Å². The number of hydrogen-bond donors (Lipinski definition) is 0. The van der Waals surface area contributed by atoms with Crippen molar-refractivity contribution >= 4 is 12.0 Å². The van der Waals surface area contributed by atoms with Gasteiger partial charge in [0.2, 0.25) is 0 Å². The van der Waals surface area contributed by atoms with Crippen LogP contribution in [0.3, 0.4) is 0 Å². The van der Waals surface area contributed by atoms with Gasteiger partial charge < -0.3 is 14.2 Å². The van der Waals surface area contributed by atoms with Crippen molar-refractivity contribution in [3.8, 4) is 11.5 Å². The summed E-state index contributed by atoms with van der Waals surface area (Å²) in [6.07, 6.45) is 4.04. The highest BCUT2D eigenvalue weighted by Crippen LogP contribution is 2.27. The van der Waals surface area contributed by atoms with Crippen LogP contribution in [0.1, 0.15) is 31.4 Å². The summed E-state index contributed by atoms with van der Waals surface area (Å²) in [5, 5.41) is 0. The quantitative estimate of drug-likeness (QED) is 0.493. The number of esters is 1. The zero-order valence-corrected chi connectivity index (χ0v) is 14.7. The lowest BCUT2D eigenvalue weighted by Gasteiger charge is -2.12. The number of carbonyl (C=O) groups is 1. The predicted octanol–water partition coefficient (Wildman–Crippen LogP) is 4.63. The van der Waals surface area contributed by atoms with Crippen molar-refractivity contribution in [1.29, 1.82) is 0 Å². The second kappa shape index (κ2) is 10.2. The summed E-state index contributed by atoms with van der Waals surface area (Å²) in [5.74, 6) is 1.04. The molecule has 4 nitrogen and oxygen atoms in total. The Hall–Kier alpha value is -2.75. The SMILES string of the molecule is CCCOc1ccc(C=CC(=O)OCC)c(OCc2ccccc2)c1. The molecule has 0 heterocycles. The van der Waals surface area contributed by atoms with Crippen molar-refractivity contribution in [1.82, 2.24) is 0 Å². The fourth-order valence-electron chi connectivity index (χ4n) is 2.17. The van der Waals surface area contributed by atoms with Gasteiger partial charge in [0, 0.05) is 17.7 Å². The molecule has 0 unspecified atom stereocenters. The van der Waals surface area contributed by atoms with Crippen molar-refractivity contribution in [2.24, 2.45) is 0 Å². The van der Waals surface area contributed by atoms with Crippen LogP contribution in [0.25, 0.3) is 6.08 Å². The van der Waals surface area contributed by atoms with Gasteiger partial charge in [0.05, 0.1) is 13.2 Å². The van der Waals surface area contributed by atoms with Gasteiger partial charge in [-0.2, -0.15) is 0 Å². The van der Waals surface area contributed by atoms with Crippen LogP contribution in [0, 0.1) is 0 Å². The second-order valence-electron chi connectivity index (χ2n) is 5.41. The molecule has 132 valence electrons. The molecule has 2 aromatic rings. The molecular weight excluding hydrogens is 316 g/mol. The van der Waals surface area contributed by atoms with Gasteiger partial charge in [-0.15, -0.1) is 0 Å². The summed E-state index contributed by atoms with van der Waals surface area (Å²) in [5.41, 5.74) is 1.87. The van der Waals surface area contributed by atoms with E-state index in [-0.39, 0.29) is 5.97 Å². The van der Waals surface area contributed by atoms with Crippen LogP contribution >= 0.6 is 0 Å². The lowest BCUT2D eigenvalue weighted by Crippen LogP contribution is -2.01. The highest BCUT2D eigenvalue weighted by Gasteiger charge is 2.06. The Bertz CT molecular complexity index is 692. The lowest BCUT2D eigenvalue weighted by molar-refractivity contribution is -0.137. The van der Waals surface area contributed by atoms with Crippen LogP contribution < -0.4 is 9.47 Å². The monoisotopic (exact) mass is 340 g/mol. The summed E-state index contributed by atoms with van der Waals surface area (Å²) >= 11 is 0. The second-order valence-corrected chi connectivity index (χ2v) is 5.41. The first kappa shape index (κ1) is 18.6. The maximum atomic E-state index is 11.5. The molecule has 2 aromatic carbocycles. The van der Waals surface area contributed by atoms with E-state index >= 15 is 0 Å². The minimum atomic E-state index is -0.372. The highest BCUT2D eigenvalue weighted by atomic mass is 16.5. The van der Waals surface area contributed by atoms with E-state index in [0.717, 1.165) is 23.3 Å². The Morgan fingerprint density at radius 1 is 1.04 bits per heavy atom. The zero-order valence-electron chi connectivity index (χ0n) is 14.7. The van der Waals surface area contributed by atoms with Crippen LogP contribution in [0.5, 0.6) is 11.5 Å². The van der Waals surface area contributed by atoms with E-state index in [9.17, 15) is 4.79 Å². The fourth-order valence-corrected chi connectivity index (χ4v) is 2.17. The van der Waals surface area contributed by atoms with E-state index in [4.69, 9.17) is 14.2 Å². The third-order valence-electron chi connectivity index (χ3n) is 3.38. The van der Waals surface area contributed by atoms with E-state index in [1.807, 2.05) is 48.5 Å². The molecule has 0 aliphatic heterocycles. The fraction of sp³-hybridized carbons (Fsp3) is 0.286. The third-order valence-corrected chi connectivity index (χ3v) is 3.38. The summed E-state index contributed by atoms with van der Waals surface area (Å²) in [7, 11) is 0. The highest BCUT2D eigenvalue weighted by molar-refractivity contribution is 5.87. The maximum Gasteiger partial charge on any atom is 0.330 e. The standard InChI is InChI=1S/C21H24O4/c1-3-14-24-19-12-10-18(11-13-21(22)23-4-2)20(15-19)25-16-17-8-6-5-7-9-17/h5-13,15H,3-4,14,16H2,1-2H3. The molecule has 0 bridgehead atoms. The molecule has 25 heavy (non-hydrogen) atoms. The number of ether oxygens (including phenoxy) is 3. The number of hydrogen-bond acceptors (Lipinski definition) is 4. The van der Waals surface area contributed by atoms with Crippen molar-refractivity contribution in [2.45, 2.75) is 26.9 Å². The van der Waals surface area contributed by atoms with Crippen molar-refractivity contribution in [3.63, 3.8) is 0 Å². The Balaban J connectivity index is 2.16. The van der Waals surface area contributed by atoms with Crippen LogP contribution in [0.2, 0.25) is 0 Å². The molecule has 0 aliphatic rings. The summed E-state index contributed by atoms with van der Waals surface area (Å²) in [6.45, 7) is 5.28. The van der Waals surface area contributed by atoms with Gasteiger partial charge in [-0.1, -0.05) is 37.3 Å². The molecule has 0 aromatic heterocycles. The molecule has 0 amide bonds. The van der Waals surface area contributed by atoms with Crippen LogP contribution in [0.15, 0.2) is 54.6 Å². The largest absolute Gasteiger partial charge is 0.493 e. The lowest BCUT2D eigenvalue weighted by atomic mass is 10.1. The van der Waals surface area contributed by atoms with E-state index in [1.165, 1.54) is 6.08 Å². The number of rotatable bonds is 9. The van der Waals surface area contributed by atoms with Crippen molar-refractivity contribution in [2.75, 3.05) is 13.2 Å². The zero-order chi connectivity index (χ0) is 17.9. The molecule has 0 radical (unpaired) electrons. The summed E-state index contributed by atoms with van der Waals surface area (Å²) < 4.78 is 16.5. The number of carbonyl (C=O) groups excluding carboxylic acids is 1. The molecule has 0 aliphatic carbocycles. The van der Waals surface area contributed by atoms with Crippen molar-refractivity contribution < 1.29 is 19.0 Å². The normalized spacial score (nSPS) is 10.6. The molecule has 0 spiro atoms. The first-order chi connectivity index (χ1) is 12.2. The van der Waals surface area contributed by atoms with Crippen LogP contribution in [0.4, 0.5) is 0 Å². The predicted molar refractivity (Wildman–Crippen MR) is 98.7 cm³/mol. The van der Waals surface area contributed by atoms with Crippen LogP contribution in [-0.4, -0.2) is 19.2 Å². The molecule has 0 fully saturated rings. The summed E-state index contributed by atoms with van der Waals surface area (Å²) in [6, 6.07) is 15.5. The van der Waals surface area contributed by atoms with Gasteiger partial charge >= 0.3 is 5.97 Å². The molecular formula is C21H24O4. The molecule has 0 saturated heterocycles. The average Bonchev–Trinajstić information content (AvgIpc) is 2.64. The van der Waals surface area contributed by atoms with Gasteiger partial charge in [0.25, 0.3) is 0 Å². The smallest absolute Gasteiger partial charge is 0.330 e. The summed E-state index contributed by atoms with van der Waals surface area (Å²) in [4.78, 5) is 11.5. The van der Waals surface area contributed by atoms with Crippen molar-refractivity contribution in [3.05, 3.63) is 65.7 Å². The maximum absolute atomic E-state index is 11.5. The molecule has 2 rings (SSSR count). The minimum absolute atomic E-state index is 0.352. The van der Waals surface area contributed by atoms with Gasteiger partial charge in [-0.25, -0.2) is 4.79 Å². The average molecular weight is 340 g/mol. The Morgan fingerprint density at radius 2 is 1.84 bits per heavy atom. The molecule has 0 atom stereocenters. The third kappa shape index (κ3) is 6.34. The molecule has 4 heteroatoms. The van der Waals surface area contributed by atoms with Gasteiger partial charge in [-0.05, 0) is 37.1 Å². The molecule has 0 N–H and O–H groups in total. The number of benzene rings is 2. The minimum Gasteiger partial charge on any atom is -0.493 e. The Labute approximate surface area is 149 Å². The van der Waals surface area contributed by atoms with Gasteiger partial charge in [0.1, 0.15) is 18.1 Å². The van der Waals surface area contributed by atoms with E-state index < -0.39 is 0 Å². The van der Waals surface area contributed by atoms with E-state index in [1.54, 1.807) is 13.0 Å². The van der Waals surface area contributed by atoms with Gasteiger partial charge in [-0.3, -0.25) is 0 Å². The molecule has 0 saturated carbocycles. The Kier molecular flexibility index (Phi) is 7.57. The van der Waals surface area contributed by atoms with E-state index in [0.29, 0.717) is 25.6 Å². The van der Waals surface area contributed by atoms with Gasteiger partial charge in [0.15, 0.2) is 0 Å². The Morgan fingerprint density at radius 3 is 2.56 bits per heavy atom. The van der Waals surface area contributed by atoms with E-state index in [2.05, 4.69) is 6.92 Å².